The molecule has 0 aliphatic rings. The number of nitrogen functional groups attached to an aromatic ring is 1. The quantitative estimate of drug-likeness (QED) is 0.743. The number of hydrogen-bond acceptors (Lipinski definition) is 2. The molecule has 1 aromatic rings. The molecule has 0 atom stereocenters. The fraction of sp³-hybridized carbons (Fsp3) is 0.500. The molecule has 0 unspecified atom stereocenters. The molecule has 0 bridgehead atoms. The minimum Gasteiger partial charge on any atom is -0.399 e. The van der Waals surface area contributed by atoms with Crippen molar-refractivity contribution in [1.29, 1.82) is 0 Å². The van der Waals surface area contributed by atoms with Crippen molar-refractivity contribution in [1.82, 2.24) is 0 Å². The highest BCUT2D eigenvalue weighted by atomic mass is 15.1. The van der Waals surface area contributed by atoms with Crippen LogP contribution in [0.15, 0.2) is 18.2 Å². The molecule has 0 spiro atoms. The van der Waals surface area contributed by atoms with Gasteiger partial charge in [-0.3, -0.25) is 0 Å². The summed E-state index contributed by atoms with van der Waals surface area (Å²) >= 11 is 0. The van der Waals surface area contributed by atoms with Gasteiger partial charge in [-0.05, 0) is 37.1 Å². The van der Waals surface area contributed by atoms with E-state index in [1.165, 1.54) is 18.5 Å². The van der Waals surface area contributed by atoms with Gasteiger partial charge in [0.15, 0.2) is 0 Å². The molecular weight excluding hydrogens is 172 g/mol. The number of unbranched alkanes of at least 4 members (excludes halogenated alkanes) is 1. The Balaban J connectivity index is 2.70. The van der Waals surface area contributed by atoms with E-state index >= 15 is 0 Å². The van der Waals surface area contributed by atoms with Gasteiger partial charge in [0, 0.05) is 25.0 Å². The van der Waals surface area contributed by atoms with E-state index < -0.39 is 0 Å². The summed E-state index contributed by atoms with van der Waals surface area (Å²) in [5, 5.41) is 0. The molecule has 0 aliphatic carbocycles. The second kappa shape index (κ2) is 4.89. The first-order valence-electron chi connectivity index (χ1n) is 5.22. The number of rotatable bonds is 4. The summed E-state index contributed by atoms with van der Waals surface area (Å²) in [5.74, 6) is 0. The van der Waals surface area contributed by atoms with Crippen molar-refractivity contribution in [2.24, 2.45) is 0 Å². The molecule has 0 aliphatic heterocycles. The molecule has 0 saturated heterocycles. The average molecular weight is 192 g/mol. The Bertz CT molecular complexity index is 294. The van der Waals surface area contributed by atoms with Crippen LogP contribution in [0.2, 0.25) is 0 Å². The van der Waals surface area contributed by atoms with E-state index in [4.69, 9.17) is 5.73 Å². The van der Waals surface area contributed by atoms with E-state index in [1.807, 2.05) is 13.0 Å². The van der Waals surface area contributed by atoms with Gasteiger partial charge in [0.2, 0.25) is 0 Å². The highest BCUT2D eigenvalue weighted by molar-refractivity contribution is 5.57. The Hall–Kier alpha value is -1.18. The Kier molecular flexibility index (Phi) is 3.81. The lowest BCUT2D eigenvalue weighted by Crippen LogP contribution is -2.18. The molecule has 0 radical (unpaired) electrons. The molecular formula is C12H20N2. The van der Waals surface area contributed by atoms with Gasteiger partial charge >= 0.3 is 0 Å². The third-order valence-corrected chi connectivity index (χ3v) is 2.54. The minimum absolute atomic E-state index is 0.873. The van der Waals surface area contributed by atoms with Crippen LogP contribution < -0.4 is 10.6 Å². The van der Waals surface area contributed by atoms with Crippen LogP contribution in [0, 0.1) is 6.92 Å². The maximum absolute atomic E-state index is 5.77. The predicted octanol–water partition coefficient (Wildman–Crippen LogP) is 2.81. The smallest absolute Gasteiger partial charge is 0.0367 e. The van der Waals surface area contributed by atoms with Crippen LogP contribution in [0.25, 0.3) is 0 Å². The number of hydrogen-bond donors (Lipinski definition) is 1. The van der Waals surface area contributed by atoms with E-state index in [9.17, 15) is 0 Å². The lowest BCUT2D eigenvalue weighted by Gasteiger charge is -2.19. The van der Waals surface area contributed by atoms with Crippen LogP contribution in [0.5, 0.6) is 0 Å². The zero-order valence-corrected chi connectivity index (χ0v) is 9.38. The second-order valence-electron chi connectivity index (χ2n) is 3.82. The van der Waals surface area contributed by atoms with Crippen molar-refractivity contribution >= 4 is 11.4 Å². The molecule has 78 valence electrons. The van der Waals surface area contributed by atoms with Crippen LogP contribution in [-0.2, 0) is 0 Å². The molecule has 0 saturated carbocycles. The summed E-state index contributed by atoms with van der Waals surface area (Å²) in [4.78, 5) is 2.27. The van der Waals surface area contributed by atoms with Gasteiger partial charge < -0.3 is 10.6 Å². The van der Waals surface area contributed by atoms with Gasteiger partial charge in [-0.2, -0.15) is 0 Å². The number of benzene rings is 1. The Labute approximate surface area is 86.7 Å². The van der Waals surface area contributed by atoms with Crippen molar-refractivity contribution in [3.05, 3.63) is 23.8 Å². The first-order chi connectivity index (χ1) is 6.65. The lowest BCUT2D eigenvalue weighted by atomic mass is 10.1. The van der Waals surface area contributed by atoms with Gasteiger partial charge in [0.05, 0.1) is 0 Å². The Morgan fingerprint density at radius 2 is 2.07 bits per heavy atom. The summed E-state index contributed by atoms with van der Waals surface area (Å²) in [6.45, 7) is 5.37. The maximum atomic E-state index is 5.77. The van der Waals surface area contributed by atoms with Gasteiger partial charge in [0.1, 0.15) is 0 Å². The summed E-state index contributed by atoms with van der Waals surface area (Å²) < 4.78 is 0. The number of nitrogens with zero attached hydrogens (tertiary/aromatic N) is 1. The fourth-order valence-corrected chi connectivity index (χ4v) is 1.42. The molecule has 2 N–H and O–H groups in total. The highest BCUT2D eigenvalue weighted by Crippen LogP contribution is 2.19. The summed E-state index contributed by atoms with van der Waals surface area (Å²) in [6, 6.07) is 6.20. The van der Waals surface area contributed by atoms with Crippen molar-refractivity contribution in [3.63, 3.8) is 0 Å². The van der Waals surface area contributed by atoms with Crippen molar-refractivity contribution in [2.75, 3.05) is 24.2 Å². The van der Waals surface area contributed by atoms with Crippen molar-refractivity contribution in [3.8, 4) is 0 Å². The van der Waals surface area contributed by atoms with Crippen molar-refractivity contribution < 1.29 is 0 Å². The monoisotopic (exact) mass is 192 g/mol. The normalized spacial score (nSPS) is 10.2. The molecule has 14 heavy (non-hydrogen) atoms. The topological polar surface area (TPSA) is 29.3 Å². The largest absolute Gasteiger partial charge is 0.399 e. The Morgan fingerprint density at radius 1 is 1.36 bits per heavy atom. The maximum Gasteiger partial charge on any atom is 0.0367 e. The average Bonchev–Trinajstić information content (AvgIpc) is 2.18. The predicted molar refractivity (Wildman–Crippen MR) is 63.8 cm³/mol. The number of nitrogens with two attached hydrogens (primary N) is 1. The van der Waals surface area contributed by atoms with Gasteiger partial charge in [-0.1, -0.05) is 13.3 Å². The molecule has 0 fully saturated rings. The van der Waals surface area contributed by atoms with Crippen LogP contribution in [-0.4, -0.2) is 13.6 Å². The SMILES string of the molecule is CCCCN(C)c1ccc(N)c(C)c1. The van der Waals surface area contributed by atoms with Gasteiger partial charge in [-0.15, -0.1) is 0 Å². The molecule has 0 heterocycles. The lowest BCUT2D eigenvalue weighted by molar-refractivity contribution is 0.766. The van der Waals surface area contributed by atoms with Crippen LogP contribution in [0.1, 0.15) is 25.3 Å². The summed E-state index contributed by atoms with van der Waals surface area (Å²) in [5.41, 5.74) is 9.06. The standard InChI is InChI=1S/C12H20N2/c1-4-5-8-14(3)11-6-7-12(13)10(2)9-11/h6-7,9H,4-5,8,13H2,1-3H3. The first kappa shape index (κ1) is 10.9. The molecule has 2 nitrogen and oxygen atoms in total. The van der Waals surface area contributed by atoms with E-state index in [0.29, 0.717) is 0 Å². The molecule has 1 aromatic carbocycles. The van der Waals surface area contributed by atoms with Gasteiger partial charge in [0.25, 0.3) is 0 Å². The van der Waals surface area contributed by atoms with Gasteiger partial charge in [-0.25, -0.2) is 0 Å². The second-order valence-corrected chi connectivity index (χ2v) is 3.82. The summed E-state index contributed by atoms with van der Waals surface area (Å²) in [7, 11) is 2.13. The number of anilines is 2. The van der Waals surface area contributed by atoms with E-state index in [0.717, 1.165) is 17.8 Å². The zero-order chi connectivity index (χ0) is 10.6. The van der Waals surface area contributed by atoms with Crippen LogP contribution >= 0.6 is 0 Å². The molecule has 0 aromatic heterocycles. The third-order valence-electron chi connectivity index (χ3n) is 2.54. The third kappa shape index (κ3) is 2.66. The number of aryl methyl sites for hydroxylation is 1. The fourth-order valence-electron chi connectivity index (χ4n) is 1.42. The zero-order valence-electron chi connectivity index (χ0n) is 9.38. The highest BCUT2D eigenvalue weighted by Gasteiger charge is 2.01. The molecule has 0 amide bonds. The molecule has 2 heteroatoms. The van der Waals surface area contributed by atoms with E-state index in [1.54, 1.807) is 0 Å². The van der Waals surface area contributed by atoms with E-state index in [2.05, 4.69) is 31.0 Å². The first-order valence-corrected chi connectivity index (χ1v) is 5.22. The van der Waals surface area contributed by atoms with Crippen molar-refractivity contribution in [2.45, 2.75) is 26.7 Å². The van der Waals surface area contributed by atoms with E-state index in [-0.39, 0.29) is 0 Å². The molecule has 1 rings (SSSR count). The van der Waals surface area contributed by atoms with Crippen LogP contribution in [0.3, 0.4) is 0 Å². The Morgan fingerprint density at radius 3 is 2.64 bits per heavy atom. The minimum atomic E-state index is 0.873. The summed E-state index contributed by atoms with van der Waals surface area (Å²) in [6.07, 6.45) is 2.47. The van der Waals surface area contributed by atoms with Crippen LogP contribution in [0.4, 0.5) is 11.4 Å².